The highest BCUT2D eigenvalue weighted by atomic mass is 16.5. The van der Waals surface area contributed by atoms with Gasteiger partial charge in [0.05, 0.1) is 7.11 Å². The molecule has 112 valence electrons. The summed E-state index contributed by atoms with van der Waals surface area (Å²) < 4.78 is 5.36. The van der Waals surface area contributed by atoms with E-state index in [9.17, 15) is 0 Å². The smallest absolute Gasteiger partial charge is 0.119 e. The Morgan fingerprint density at radius 1 is 1.05 bits per heavy atom. The van der Waals surface area contributed by atoms with Crippen molar-refractivity contribution < 1.29 is 4.74 Å². The van der Waals surface area contributed by atoms with Crippen molar-refractivity contribution in [1.82, 2.24) is 5.32 Å². The SMILES string of the molecule is CCCc1cccc(-c2ccc(OC)cc2CNCC)c1. The minimum atomic E-state index is 0.862. The van der Waals surface area contributed by atoms with Crippen LogP contribution in [0.2, 0.25) is 0 Å². The maximum atomic E-state index is 5.36. The third-order valence-electron chi connectivity index (χ3n) is 3.65. The van der Waals surface area contributed by atoms with Gasteiger partial charge in [0.25, 0.3) is 0 Å². The lowest BCUT2D eigenvalue weighted by atomic mass is 9.96. The van der Waals surface area contributed by atoms with Crippen LogP contribution in [0.4, 0.5) is 0 Å². The molecular weight excluding hydrogens is 258 g/mol. The van der Waals surface area contributed by atoms with E-state index < -0.39 is 0 Å². The minimum Gasteiger partial charge on any atom is -0.497 e. The third kappa shape index (κ3) is 4.08. The first-order valence-electron chi connectivity index (χ1n) is 7.75. The number of ether oxygens (including phenoxy) is 1. The van der Waals surface area contributed by atoms with E-state index in [-0.39, 0.29) is 0 Å². The Labute approximate surface area is 128 Å². The summed E-state index contributed by atoms with van der Waals surface area (Å²) in [4.78, 5) is 0. The van der Waals surface area contributed by atoms with Gasteiger partial charge in [-0.3, -0.25) is 0 Å². The normalized spacial score (nSPS) is 10.6. The maximum Gasteiger partial charge on any atom is 0.119 e. The predicted octanol–water partition coefficient (Wildman–Crippen LogP) is 4.42. The second-order valence-electron chi connectivity index (χ2n) is 5.25. The first-order valence-corrected chi connectivity index (χ1v) is 7.75. The van der Waals surface area contributed by atoms with Crippen molar-refractivity contribution in [3.63, 3.8) is 0 Å². The van der Waals surface area contributed by atoms with Gasteiger partial charge in [0.15, 0.2) is 0 Å². The maximum absolute atomic E-state index is 5.36. The summed E-state index contributed by atoms with van der Waals surface area (Å²) in [6.07, 6.45) is 2.31. The molecule has 0 bridgehead atoms. The fourth-order valence-corrected chi connectivity index (χ4v) is 2.57. The van der Waals surface area contributed by atoms with Crippen LogP contribution < -0.4 is 10.1 Å². The van der Waals surface area contributed by atoms with Gasteiger partial charge >= 0.3 is 0 Å². The van der Waals surface area contributed by atoms with E-state index in [1.54, 1.807) is 7.11 Å². The Morgan fingerprint density at radius 2 is 1.90 bits per heavy atom. The topological polar surface area (TPSA) is 21.3 Å². The monoisotopic (exact) mass is 283 g/mol. The molecule has 0 atom stereocenters. The predicted molar refractivity (Wildman–Crippen MR) is 89.8 cm³/mol. The molecule has 21 heavy (non-hydrogen) atoms. The number of hydrogen-bond donors (Lipinski definition) is 1. The molecule has 0 aliphatic heterocycles. The quantitative estimate of drug-likeness (QED) is 0.812. The lowest BCUT2D eigenvalue weighted by Gasteiger charge is -2.13. The molecule has 0 amide bonds. The molecule has 0 radical (unpaired) electrons. The van der Waals surface area contributed by atoms with E-state index in [1.807, 2.05) is 6.07 Å². The lowest BCUT2D eigenvalue weighted by Crippen LogP contribution is -2.12. The second-order valence-corrected chi connectivity index (χ2v) is 5.25. The summed E-state index contributed by atoms with van der Waals surface area (Å²) in [5.74, 6) is 0.913. The van der Waals surface area contributed by atoms with Gasteiger partial charge in [-0.25, -0.2) is 0 Å². The molecule has 2 nitrogen and oxygen atoms in total. The number of hydrogen-bond acceptors (Lipinski definition) is 2. The molecule has 0 spiro atoms. The van der Waals surface area contributed by atoms with E-state index in [0.29, 0.717) is 0 Å². The first-order chi connectivity index (χ1) is 10.3. The molecule has 0 aromatic heterocycles. The highest BCUT2D eigenvalue weighted by Crippen LogP contribution is 2.28. The van der Waals surface area contributed by atoms with Crippen LogP contribution in [-0.2, 0) is 13.0 Å². The molecule has 0 saturated heterocycles. The average Bonchev–Trinajstić information content (AvgIpc) is 2.53. The van der Waals surface area contributed by atoms with Crippen LogP contribution in [0, 0.1) is 0 Å². The van der Waals surface area contributed by atoms with Crippen LogP contribution in [0.15, 0.2) is 42.5 Å². The fraction of sp³-hybridized carbons (Fsp3) is 0.368. The summed E-state index contributed by atoms with van der Waals surface area (Å²) in [7, 11) is 1.72. The second kappa shape index (κ2) is 7.84. The van der Waals surface area contributed by atoms with Crippen molar-refractivity contribution in [1.29, 1.82) is 0 Å². The molecule has 2 aromatic rings. The number of methoxy groups -OCH3 is 1. The van der Waals surface area contributed by atoms with Gasteiger partial charge in [0.2, 0.25) is 0 Å². The number of nitrogens with one attached hydrogen (secondary N) is 1. The lowest BCUT2D eigenvalue weighted by molar-refractivity contribution is 0.414. The molecule has 0 aliphatic rings. The fourth-order valence-electron chi connectivity index (χ4n) is 2.57. The third-order valence-corrected chi connectivity index (χ3v) is 3.65. The Morgan fingerprint density at radius 3 is 2.62 bits per heavy atom. The van der Waals surface area contributed by atoms with Gasteiger partial charge in [-0.05, 0) is 47.4 Å². The number of benzene rings is 2. The van der Waals surface area contributed by atoms with Crippen LogP contribution in [0.1, 0.15) is 31.4 Å². The van der Waals surface area contributed by atoms with Crippen molar-refractivity contribution in [2.24, 2.45) is 0 Å². The average molecular weight is 283 g/mol. The van der Waals surface area contributed by atoms with E-state index in [4.69, 9.17) is 4.74 Å². The van der Waals surface area contributed by atoms with Gasteiger partial charge < -0.3 is 10.1 Å². The van der Waals surface area contributed by atoms with Gasteiger partial charge in [-0.2, -0.15) is 0 Å². The zero-order valence-electron chi connectivity index (χ0n) is 13.3. The molecule has 0 saturated carbocycles. The molecule has 0 aliphatic carbocycles. The highest BCUT2D eigenvalue weighted by Gasteiger charge is 2.07. The summed E-state index contributed by atoms with van der Waals surface area (Å²) in [5, 5.41) is 3.41. The summed E-state index contributed by atoms with van der Waals surface area (Å²) >= 11 is 0. The molecule has 0 heterocycles. The van der Waals surface area contributed by atoms with Gasteiger partial charge in [-0.1, -0.05) is 50.6 Å². The molecule has 2 rings (SSSR count). The summed E-state index contributed by atoms with van der Waals surface area (Å²) in [6.45, 7) is 6.17. The molecule has 2 aromatic carbocycles. The number of aryl methyl sites for hydroxylation is 1. The van der Waals surface area contributed by atoms with Gasteiger partial charge in [0, 0.05) is 6.54 Å². The Bertz CT molecular complexity index is 578. The standard InChI is InChI=1S/C19H25NO/c1-4-7-15-8-6-9-16(12-15)19-11-10-18(21-3)13-17(19)14-20-5-2/h6,8-13,20H,4-5,7,14H2,1-3H3. The molecular formula is C19H25NO. The highest BCUT2D eigenvalue weighted by molar-refractivity contribution is 5.69. The van der Waals surface area contributed by atoms with Crippen molar-refractivity contribution in [2.75, 3.05) is 13.7 Å². The molecule has 0 fully saturated rings. The van der Waals surface area contributed by atoms with Crippen LogP contribution in [-0.4, -0.2) is 13.7 Å². The first kappa shape index (κ1) is 15.6. The molecule has 0 unspecified atom stereocenters. The van der Waals surface area contributed by atoms with Gasteiger partial charge in [0.1, 0.15) is 5.75 Å². The van der Waals surface area contributed by atoms with E-state index in [1.165, 1.54) is 28.7 Å². The van der Waals surface area contributed by atoms with Crippen molar-refractivity contribution in [3.05, 3.63) is 53.6 Å². The zero-order chi connectivity index (χ0) is 15.1. The summed E-state index contributed by atoms with van der Waals surface area (Å²) in [5.41, 5.74) is 5.26. The Hall–Kier alpha value is -1.80. The Balaban J connectivity index is 2.39. The Kier molecular flexibility index (Phi) is 5.82. The largest absolute Gasteiger partial charge is 0.497 e. The molecule has 2 heteroatoms. The van der Waals surface area contributed by atoms with Crippen molar-refractivity contribution in [2.45, 2.75) is 33.2 Å². The van der Waals surface area contributed by atoms with Crippen molar-refractivity contribution in [3.8, 4) is 16.9 Å². The van der Waals surface area contributed by atoms with Gasteiger partial charge in [-0.15, -0.1) is 0 Å². The summed E-state index contributed by atoms with van der Waals surface area (Å²) in [6, 6.07) is 15.2. The van der Waals surface area contributed by atoms with Crippen LogP contribution in [0.5, 0.6) is 5.75 Å². The van der Waals surface area contributed by atoms with Crippen LogP contribution in [0.3, 0.4) is 0 Å². The van der Waals surface area contributed by atoms with E-state index in [0.717, 1.165) is 25.3 Å². The van der Waals surface area contributed by atoms with E-state index >= 15 is 0 Å². The van der Waals surface area contributed by atoms with Crippen LogP contribution in [0.25, 0.3) is 11.1 Å². The van der Waals surface area contributed by atoms with E-state index in [2.05, 4.69) is 55.6 Å². The minimum absolute atomic E-state index is 0.862. The van der Waals surface area contributed by atoms with Crippen molar-refractivity contribution >= 4 is 0 Å². The zero-order valence-corrected chi connectivity index (χ0v) is 13.3. The van der Waals surface area contributed by atoms with Crippen LogP contribution >= 0.6 is 0 Å². The molecule has 1 N–H and O–H groups in total. The number of rotatable bonds is 7.